The Morgan fingerprint density at radius 2 is 2.27 bits per heavy atom. The number of ether oxygens (including phenoxy) is 2. The van der Waals surface area contributed by atoms with Gasteiger partial charge in [-0.15, -0.1) is 0 Å². The number of nitrogens with one attached hydrogen (secondary N) is 2. The highest BCUT2D eigenvalue weighted by Crippen LogP contribution is 2.25. The molecule has 2 aromatic rings. The van der Waals surface area contributed by atoms with Crippen molar-refractivity contribution in [3.05, 3.63) is 46.3 Å². The predicted molar refractivity (Wildman–Crippen MR) is 98.1 cm³/mol. The van der Waals surface area contributed by atoms with Gasteiger partial charge in [0, 0.05) is 56.5 Å². The summed E-state index contributed by atoms with van der Waals surface area (Å²) in [6, 6.07) is 6.21. The monoisotopic (exact) mass is 358 g/mol. The lowest BCUT2D eigenvalue weighted by Crippen LogP contribution is -2.31. The summed E-state index contributed by atoms with van der Waals surface area (Å²) < 4.78 is 11.0. The first-order valence-electron chi connectivity index (χ1n) is 8.90. The molecule has 0 spiro atoms. The standard InChI is InChI=1S/C19H26N4O3/c1-4-26-12-14-9-13(5-6-17(14)25-3)10-23-8-7-16-15(11-23)18(22-21-16)19(24)20-2/h5-6,9H,4,7-8,10-12H2,1-3H3,(H,20,24)(H,21,22). The number of rotatable bonds is 7. The summed E-state index contributed by atoms with van der Waals surface area (Å²) in [5, 5.41) is 9.84. The van der Waals surface area contributed by atoms with Crippen molar-refractivity contribution in [2.24, 2.45) is 0 Å². The fourth-order valence-corrected chi connectivity index (χ4v) is 3.31. The van der Waals surface area contributed by atoms with Crippen molar-refractivity contribution < 1.29 is 14.3 Å². The first-order valence-corrected chi connectivity index (χ1v) is 8.90. The van der Waals surface area contributed by atoms with Crippen LogP contribution in [0, 0.1) is 0 Å². The van der Waals surface area contributed by atoms with Crippen LogP contribution < -0.4 is 10.1 Å². The Morgan fingerprint density at radius 3 is 3.00 bits per heavy atom. The Bertz CT molecular complexity index is 772. The third kappa shape index (κ3) is 3.89. The summed E-state index contributed by atoms with van der Waals surface area (Å²) in [5.74, 6) is 0.702. The average Bonchev–Trinajstić information content (AvgIpc) is 3.09. The zero-order valence-corrected chi connectivity index (χ0v) is 15.6. The van der Waals surface area contributed by atoms with Crippen LogP contribution in [0.3, 0.4) is 0 Å². The van der Waals surface area contributed by atoms with Crippen LogP contribution in [0.4, 0.5) is 0 Å². The van der Waals surface area contributed by atoms with E-state index in [0.29, 0.717) is 25.5 Å². The molecule has 0 radical (unpaired) electrons. The molecule has 2 heterocycles. The zero-order valence-electron chi connectivity index (χ0n) is 15.6. The van der Waals surface area contributed by atoms with Crippen LogP contribution in [-0.4, -0.2) is 48.3 Å². The highest BCUT2D eigenvalue weighted by Gasteiger charge is 2.25. The van der Waals surface area contributed by atoms with Crippen LogP contribution in [-0.2, 0) is 30.9 Å². The molecule has 7 heteroatoms. The van der Waals surface area contributed by atoms with Crippen molar-refractivity contribution in [1.29, 1.82) is 0 Å². The second kappa shape index (κ2) is 8.33. The Morgan fingerprint density at radius 1 is 1.42 bits per heavy atom. The van der Waals surface area contributed by atoms with E-state index in [1.165, 1.54) is 5.56 Å². The van der Waals surface area contributed by atoms with Crippen LogP contribution in [0.2, 0.25) is 0 Å². The summed E-state index contributed by atoms with van der Waals surface area (Å²) in [6.45, 7) is 5.64. The third-order valence-corrected chi connectivity index (χ3v) is 4.67. The fourth-order valence-electron chi connectivity index (χ4n) is 3.31. The van der Waals surface area contributed by atoms with Crippen molar-refractivity contribution >= 4 is 5.91 Å². The van der Waals surface area contributed by atoms with Crippen LogP contribution in [0.1, 0.15) is 39.8 Å². The molecule has 7 nitrogen and oxygen atoms in total. The van der Waals surface area contributed by atoms with Crippen molar-refractivity contribution in [3.63, 3.8) is 0 Å². The van der Waals surface area contributed by atoms with E-state index in [4.69, 9.17) is 9.47 Å². The van der Waals surface area contributed by atoms with Crippen LogP contribution in [0.15, 0.2) is 18.2 Å². The fraction of sp³-hybridized carbons (Fsp3) is 0.474. The number of aromatic nitrogens is 2. The van der Waals surface area contributed by atoms with Gasteiger partial charge in [0.15, 0.2) is 5.69 Å². The molecule has 0 aliphatic carbocycles. The lowest BCUT2D eigenvalue weighted by atomic mass is 10.0. The molecule has 0 bridgehead atoms. The lowest BCUT2D eigenvalue weighted by Gasteiger charge is -2.27. The topological polar surface area (TPSA) is 79.5 Å². The summed E-state index contributed by atoms with van der Waals surface area (Å²) in [4.78, 5) is 14.3. The van der Waals surface area contributed by atoms with Crippen molar-refractivity contribution in [2.45, 2.75) is 33.0 Å². The highest BCUT2D eigenvalue weighted by atomic mass is 16.5. The maximum absolute atomic E-state index is 12.0. The van der Waals surface area contributed by atoms with E-state index < -0.39 is 0 Å². The van der Waals surface area contributed by atoms with Gasteiger partial charge in [-0.3, -0.25) is 14.8 Å². The number of carbonyl (C=O) groups excluding carboxylic acids is 1. The first kappa shape index (κ1) is 18.4. The molecule has 3 rings (SSSR count). The SMILES string of the molecule is CCOCc1cc(CN2CCc3[nH]nc(C(=O)NC)c3C2)ccc1OC. The number of benzene rings is 1. The number of nitrogens with zero attached hydrogens (tertiary/aromatic N) is 2. The van der Waals surface area contributed by atoms with Gasteiger partial charge in [-0.2, -0.15) is 5.10 Å². The molecule has 0 atom stereocenters. The van der Waals surface area contributed by atoms with Gasteiger partial charge < -0.3 is 14.8 Å². The van der Waals surface area contributed by atoms with E-state index in [1.54, 1.807) is 14.2 Å². The molecular formula is C19H26N4O3. The maximum Gasteiger partial charge on any atom is 0.271 e. The molecule has 0 saturated carbocycles. The molecule has 1 aromatic heterocycles. The zero-order chi connectivity index (χ0) is 18.5. The molecule has 1 amide bonds. The molecular weight excluding hydrogens is 332 g/mol. The number of aromatic amines is 1. The summed E-state index contributed by atoms with van der Waals surface area (Å²) in [5.41, 5.74) is 4.82. The Balaban J connectivity index is 1.74. The Hall–Kier alpha value is -2.38. The molecule has 1 aliphatic heterocycles. The van der Waals surface area contributed by atoms with Crippen LogP contribution in [0.25, 0.3) is 0 Å². The second-order valence-corrected chi connectivity index (χ2v) is 6.35. The van der Waals surface area contributed by atoms with E-state index in [1.807, 2.05) is 13.0 Å². The van der Waals surface area contributed by atoms with Gasteiger partial charge in [0.2, 0.25) is 0 Å². The number of hydrogen-bond donors (Lipinski definition) is 2. The van der Waals surface area contributed by atoms with E-state index in [-0.39, 0.29) is 5.91 Å². The van der Waals surface area contributed by atoms with Gasteiger partial charge >= 0.3 is 0 Å². The van der Waals surface area contributed by atoms with Gasteiger partial charge in [0.1, 0.15) is 5.75 Å². The second-order valence-electron chi connectivity index (χ2n) is 6.35. The number of carbonyl (C=O) groups is 1. The smallest absolute Gasteiger partial charge is 0.271 e. The molecule has 0 unspecified atom stereocenters. The van der Waals surface area contributed by atoms with Gasteiger partial charge in [0.25, 0.3) is 5.91 Å². The van der Waals surface area contributed by atoms with Crippen LogP contribution >= 0.6 is 0 Å². The van der Waals surface area contributed by atoms with Crippen molar-refractivity contribution in [2.75, 3.05) is 27.3 Å². The Labute approximate surface area is 153 Å². The third-order valence-electron chi connectivity index (χ3n) is 4.67. The first-order chi connectivity index (χ1) is 12.7. The maximum atomic E-state index is 12.0. The van der Waals surface area contributed by atoms with E-state index in [0.717, 1.165) is 42.1 Å². The van der Waals surface area contributed by atoms with Crippen molar-refractivity contribution in [3.8, 4) is 5.75 Å². The van der Waals surface area contributed by atoms with Gasteiger partial charge in [-0.05, 0) is 24.6 Å². The molecule has 140 valence electrons. The quantitative estimate of drug-likeness (QED) is 0.790. The van der Waals surface area contributed by atoms with Gasteiger partial charge in [-0.1, -0.05) is 6.07 Å². The van der Waals surface area contributed by atoms with Gasteiger partial charge in [0.05, 0.1) is 13.7 Å². The summed E-state index contributed by atoms with van der Waals surface area (Å²) >= 11 is 0. The molecule has 0 saturated heterocycles. The van der Waals surface area contributed by atoms with Crippen LogP contribution in [0.5, 0.6) is 5.75 Å². The number of amides is 1. The molecule has 2 N–H and O–H groups in total. The van der Waals surface area contributed by atoms with Crippen molar-refractivity contribution in [1.82, 2.24) is 20.4 Å². The number of hydrogen-bond acceptors (Lipinski definition) is 5. The largest absolute Gasteiger partial charge is 0.496 e. The van der Waals surface area contributed by atoms with E-state index >= 15 is 0 Å². The normalized spacial score (nSPS) is 14.1. The molecule has 1 aromatic carbocycles. The number of fused-ring (bicyclic) bond motifs is 1. The van der Waals surface area contributed by atoms with E-state index in [2.05, 4.69) is 32.5 Å². The molecule has 1 aliphatic rings. The van der Waals surface area contributed by atoms with E-state index in [9.17, 15) is 4.79 Å². The minimum Gasteiger partial charge on any atom is -0.496 e. The molecule has 0 fully saturated rings. The minimum absolute atomic E-state index is 0.146. The predicted octanol–water partition coefficient (Wildman–Crippen LogP) is 1.87. The highest BCUT2D eigenvalue weighted by molar-refractivity contribution is 5.93. The number of methoxy groups -OCH3 is 1. The number of H-pyrrole nitrogens is 1. The average molecular weight is 358 g/mol. The Kier molecular flexibility index (Phi) is 5.90. The summed E-state index contributed by atoms with van der Waals surface area (Å²) in [6.07, 6.45) is 0.862. The minimum atomic E-state index is -0.146. The van der Waals surface area contributed by atoms with Gasteiger partial charge in [-0.25, -0.2) is 0 Å². The lowest BCUT2D eigenvalue weighted by molar-refractivity contribution is 0.0955. The summed E-state index contributed by atoms with van der Waals surface area (Å²) in [7, 11) is 3.30. The molecule has 26 heavy (non-hydrogen) atoms.